The van der Waals surface area contributed by atoms with E-state index in [0.717, 1.165) is 15.8 Å². The summed E-state index contributed by atoms with van der Waals surface area (Å²) in [5.41, 5.74) is 2.80. The average Bonchev–Trinajstić information content (AvgIpc) is 3.48. The van der Waals surface area contributed by atoms with Crippen LogP contribution in [-0.4, -0.2) is 64.3 Å². The number of aromatic nitrogens is 3. The number of ether oxygens (including phenoxy) is 2. The van der Waals surface area contributed by atoms with Gasteiger partial charge in [0, 0.05) is 31.5 Å². The molecule has 240 valence electrons. The highest BCUT2D eigenvalue weighted by Crippen LogP contribution is 2.31. The van der Waals surface area contributed by atoms with E-state index in [4.69, 9.17) is 9.47 Å². The fourth-order valence-electron chi connectivity index (χ4n) is 4.70. The molecule has 3 aromatic carbocycles. The van der Waals surface area contributed by atoms with E-state index in [2.05, 4.69) is 20.6 Å². The van der Waals surface area contributed by atoms with E-state index in [1.807, 2.05) is 6.92 Å². The van der Waals surface area contributed by atoms with Gasteiger partial charge in [0.15, 0.2) is 5.65 Å². The van der Waals surface area contributed by atoms with E-state index in [0.29, 0.717) is 28.1 Å². The first-order valence-corrected chi connectivity index (χ1v) is 17.1. The fourth-order valence-corrected chi connectivity index (χ4v) is 6.53. The van der Waals surface area contributed by atoms with Crippen LogP contribution >= 0.6 is 0 Å². The number of hydrogen-bond acceptors (Lipinski definition) is 11. The van der Waals surface area contributed by atoms with Crippen molar-refractivity contribution in [2.45, 2.75) is 18.4 Å². The zero-order valence-corrected chi connectivity index (χ0v) is 27.3. The highest BCUT2D eigenvalue weighted by Gasteiger charge is 2.23. The summed E-state index contributed by atoms with van der Waals surface area (Å²) in [5.74, 6) is 0.00507. The van der Waals surface area contributed by atoms with Crippen molar-refractivity contribution in [3.8, 4) is 5.75 Å². The molecular formula is C31H32N6O7S2. The first-order chi connectivity index (χ1) is 21.8. The van der Waals surface area contributed by atoms with Gasteiger partial charge in [0.05, 0.1) is 36.4 Å². The molecule has 0 amide bonds. The zero-order chi connectivity index (χ0) is 33.2. The van der Waals surface area contributed by atoms with Crippen LogP contribution in [0.15, 0.2) is 83.9 Å². The number of aryl methyl sites for hydroxylation is 1. The number of rotatable bonds is 11. The van der Waals surface area contributed by atoms with E-state index in [9.17, 15) is 21.6 Å². The van der Waals surface area contributed by atoms with Crippen LogP contribution in [-0.2, 0) is 31.3 Å². The maximum atomic E-state index is 13.7. The third-order valence-corrected chi connectivity index (χ3v) is 10.1. The number of anilines is 4. The van der Waals surface area contributed by atoms with Crippen LogP contribution in [0.3, 0.4) is 0 Å². The van der Waals surface area contributed by atoms with Gasteiger partial charge in [0.25, 0.3) is 10.0 Å². The van der Waals surface area contributed by atoms with Gasteiger partial charge in [-0.25, -0.2) is 25.6 Å². The van der Waals surface area contributed by atoms with Gasteiger partial charge in [-0.2, -0.15) is 9.97 Å². The second-order valence-corrected chi connectivity index (χ2v) is 14.1. The summed E-state index contributed by atoms with van der Waals surface area (Å²) < 4.78 is 64.5. The predicted molar refractivity (Wildman–Crippen MR) is 176 cm³/mol. The minimum atomic E-state index is -4.05. The number of carbonyl (C=O) groups excluding carboxylic acids is 1. The van der Waals surface area contributed by atoms with E-state index < -0.39 is 26.0 Å². The van der Waals surface area contributed by atoms with Gasteiger partial charge < -0.3 is 20.1 Å². The van der Waals surface area contributed by atoms with Crippen LogP contribution in [0, 0.1) is 6.92 Å². The predicted octanol–water partition coefficient (Wildman–Crippen LogP) is 4.52. The molecule has 0 bridgehead atoms. The Labute approximate surface area is 266 Å². The first kappa shape index (κ1) is 32.2. The smallest absolute Gasteiger partial charge is 0.341 e. The molecular weight excluding hydrogens is 633 g/mol. The molecule has 2 heterocycles. The van der Waals surface area contributed by atoms with E-state index in [-0.39, 0.29) is 34.3 Å². The van der Waals surface area contributed by atoms with Gasteiger partial charge in [0.1, 0.15) is 17.1 Å². The number of methoxy groups -OCH3 is 2. The SMILES string of the molecule is COC(=O)c1ccc(Nc2nc(NCc3ccccc3N(C)S(C)(=O)=O)c3ccn(S(=O)(=O)c4ccc(C)cc4)c3n2)cc1OC. The number of carbonyl (C=O) groups is 1. The lowest BCUT2D eigenvalue weighted by Gasteiger charge is -2.20. The molecule has 0 spiro atoms. The van der Waals surface area contributed by atoms with Gasteiger partial charge in [-0.05, 0) is 48.9 Å². The summed E-state index contributed by atoms with van der Waals surface area (Å²) in [5, 5.41) is 6.72. The van der Waals surface area contributed by atoms with Crippen LogP contribution in [0.1, 0.15) is 21.5 Å². The lowest BCUT2D eigenvalue weighted by molar-refractivity contribution is 0.0597. The maximum Gasteiger partial charge on any atom is 0.341 e. The van der Waals surface area contributed by atoms with Gasteiger partial charge in [-0.15, -0.1) is 0 Å². The third-order valence-electron chi connectivity index (χ3n) is 7.23. The number of nitrogens with zero attached hydrogens (tertiary/aromatic N) is 4. The number of sulfonamides is 1. The second-order valence-electron chi connectivity index (χ2n) is 10.3. The molecule has 0 aliphatic rings. The molecule has 2 aromatic heterocycles. The lowest BCUT2D eigenvalue weighted by Crippen LogP contribution is -2.26. The number of nitrogens with one attached hydrogen (secondary N) is 2. The Morgan fingerprint density at radius 2 is 1.67 bits per heavy atom. The van der Waals surface area contributed by atoms with Gasteiger partial charge in [-0.1, -0.05) is 35.9 Å². The van der Waals surface area contributed by atoms with Gasteiger partial charge in [-0.3, -0.25) is 4.31 Å². The van der Waals surface area contributed by atoms with Crippen molar-refractivity contribution in [3.63, 3.8) is 0 Å². The zero-order valence-electron chi connectivity index (χ0n) is 25.7. The lowest BCUT2D eigenvalue weighted by atomic mass is 10.1. The van der Waals surface area contributed by atoms with E-state index >= 15 is 0 Å². The minimum Gasteiger partial charge on any atom is -0.496 e. The summed E-state index contributed by atoms with van der Waals surface area (Å²) in [6.45, 7) is 2.02. The highest BCUT2D eigenvalue weighted by molar-refractivity contribution is 7.92. The second kappa shape index (κ2) is 12.7. The largest absolute Gasteiger partial charge is 0.496 e. The van der Waals surface area contributed by atoms with Crippen LogP contribution in [0.5, 0.6) is 5.75 Å². The van der Waals surface area contributed by atoms with Gasteiger partial charge in [0.2, 0.25) is 16.0 Å². The minimum absolute atomic E-state index is 0.0449. The normalized spacial score (nSPS) is 11.7. The molecule has 5 rings (SSSR count). The van der Waals surface area contributed by atoms with E-state index in [1.165, 1.54) is 50.0 Å². The molecule has 15 heteroatoms. The van der Waals surface area contributed by atoms with Crippen LogP contribution in [0.4, 0.5) is 23.1 Å². The topological polar surface area (TPSA) is 162 Å². The van der Waals surface area contributed by atoms with E-state index in [1.54, 1.807) is 54.6 Å². The van der Waals surface area contributed by atoms with Crippen LogP contribution in [0.2, 0.25) is 0 Å². The van der Waals surface area contributed by atoms with Crippen molar-refractivity contribution in [2.75, 3.05) is 42.5 Å². The Bertz CT molecular complexity index is 2150. The first-order valence-electron chi connectivity index (χ1n) is 13.8. The molecule has 0 radical (unpaired) electrons. The van der Waals surface area contributed by atoms with Crippen LogP contribution in [0.25, 0.3) is 11.0 Å². The summed E-state index contributed by atoms with van der Waals surface area (Å²) in [6, 6.07) is 19.8. The Morgan fingerprint density at radius 1 is 0.957 bits per heavy atom. The Balaban J connectivity index is 1.60. The number of esters is 1. The highest BCUT2D eigenvalue weighted by atomic mass is 32.2. The average molecular weight is 665 g/mol. The quantitative estimate of drug-likeness (QED) is 0.191. The number of benzene rings is 3. The molecule has 0 saturated heterocycles. The third kappa shape index (κ3) is 6.46. The molecule has 2 N–H and O–H groups in total. The van der Waals surface area contributed by atoms with Crippen molar-refractivity contribution < 1.29 is 31.1 Å². The molecule has 0 unspecified atom stereocenters. The summed E-state index contributed by atoms with van der Waals surface area (Å²) in [6.07, 6.45) is 2.52. The Hall–Kier alpha value is -5.15. The number of para-hydroxylation sites is 1. The molecule has 0 saturated carbocycles. The molecule has 0 aliphatic carbocycles. The van der Waals surface area contributed by atoms with Gasteiger partial charge >= 0.3 is 5.97 Å². The monoisotopic (exact) mass is 664 g/mol. The van der Waals surface area contributed by atoms with Crippen molar-refractivity contribution in [1.29, 1.82) is 0 Å². The number of hydrogen-bond donors (Lipinski definition) is 2. The van der Waals surface area contributed by atoms with Crippen molar-refractivity contribution in [1.82, 2.24) is 13.9 Å². The standard InChI is InChI=1S/C31H32N6O7S2/c1-20-10-13-23(14-11-20)46(41,42)37-17-16-25-28(32-19-21-8-6-7-9-26(21)36(2)45(5,39)40)34-31(35-29(25)37)33-22-12-15-24(30(38)44-4)27(18-22)43-3/h6-18H,19H2,1-5H3,(H2,32,33,34,35). The fraction of sp³-hybridized carbons (Fsp3) is 0.194. The Morgan fingerprint density at radius 3 is 2.35 bits per heavy atom. The van der Waals surface area contributed by atoms with Crippen molar-refractivity contribution in [2.24, 2.45) is 0 Å². The van der Waals surface area contributed by atoms with Crippen molar-refractivity contribution >= 4 is 60.2 Å². The molecule has 0 fully saturated rings. The van der Waals surface area contributed by atoms with Crippen LogP contribution < -0.4 is 19.7 Å². The molecule has 0 aliphatic heterocycles. The Kier molecular flexibility index (Phi) is 8.90. The summed E-state index contributed by atoms with van der Waals surface area (Å²) in [7, 11) is -3.44. The maximum absolute atomic E-state index is 13.7. The number of fused-ring (bicyclic) bond motifs is 1. The molecule has 5 aromatic rings. The summed E-state index contributed by atoms with van der Waals surface area (Å²) >= 11 is 0. The molecule has 0 atom stereocenters. The summed E-state index contributed by atoms with van der Waals surface area (Å²) in [4.78, 5) is 21.4. The molecule has 13 nitrogen and oxygen atoms in total. The molecule has 46 heavy (non-hydrogen) atoms. The van der Waals surface area contributed by atoms with Crippen molar-refractivity contribution in [3.05, 3.63) is 95.7 Å².